The molecule has 2 amide bonds. The van der Waals surface area contributed by atoms with Gasteiger partial charge in [-0.05, 0) is 69.6 Å². The number of hydrogen-bond acceptors (Lipinski definition) is 7. The van der Waals surface area contributed by atoms with E-state index in [2.05, 4.69) is 55.4 Å². The third kappa shape index (κ3) is 6.24. The predicted octanol–water partition coefficient (Wildman–Crippen LogP) is 5.80. The lowest BCUT2D eigenvalue weighted by atomic mass is 9.79. The lowest BCUT2D eigenvalue weighted by Crippen LogP contribution is -2.54. The SMILES string of the molecule is CCc1cccc(CC)c1NC(=O)c1nn(C)c2c1CCc1cnc(NC3CCN(C(=O)OC(C)(C)C)CC3(C)C)nc1-2. The summed E-state index contributed by atoms with van der Waals surface area (Å²) in [6.07, 6.45) is 5.45. The molecule has 1 saturated heterocycles. The maximum Gasteiger partial charge on any atom is 0.410 e. The third-order valence-electron chi connectivity index (χ3n) is 8.52. The Morgan fingerprint density at radius 3 is 2.44 bits per heavy atom. The molecule has 10 nitrogen and oxygen atoms in total. The Morgan fingerprint density at radius 2 is 1.81 bits per heavy atom. The maximum absolute atomic E-state index is 13.6. The molecule has 1 unspecified atom stereocenters. The standard InChI is InChI=1S/C33H45N7O3/c1-9-20-12-11-13-21(10-2)25(20)36-29(41)27-23-15-14-22-18-34-30(37-26(22)28(23)39(8)38-27)35-24-16-17-40(19-33(24,6)7)31(42)43-32(3,4)5/h11-13,18,24H,9-10,14-17,19H2,1-8H3,(H,36,41)(H,34,35,37). The minimum Gasteiger partial charge on any atom is -0.444 e. The number of aryl methyl sites for hydroxylation is 4. The number of benzene rings is 1. The fourth-order valence-corrected chi connectivity index (χ4v) is 6.25. The number of amides is 2. The molecular weight excluding hydrogens is 542 g/mol. The van der Waals surface area contributed by atoms with Gasteiger partial charge in [-0.25, -0.2) is 14.8 Å². The van der Waals surface area contributed by atoms with Crippen molar-refractivity contribution in [3.8, 4) is 11.4 Å². The quantitative estimate of drug-likeness (QED) is 0.375. The van der Waals surface area contributed by atoms with Crippen molar-refractivity contribution >= 4 is 23.6 Å². The van der Waals surface area contributed by atoms with Crippen LogP contribution in [0.3, 0.4) is 0 Å². The van der Waals surface area contributed by atoms with Gasteiger partial charge in [0.25, 0.3) is 5.91 Å². The molecular formula is C33H45N7O3. The summed E-state index contributed by atoms with van der Waals surface area (Å²) in [6, 6.07) is 6.23. The van der Waals surface area contributed by atoms with Gasteiger partial charge in [-0.3, -0.25) is 9.48 Å². The van der Waals surface area contributed by atoms with Crippen LogP contribution >= 0.6 is 0 Å². The molecule has 1 atom stereocenters. The van der Waals surface area contributed by atoms with Gasteiger partial charge in [0.05, 0.1) is 11.4 Å². The Kier molecular flexibility index (Phi) is 8.24. The lowest BCUT2D eigenvalue weighted by Gasteiger charge is -2.44. The van der Waals surface area contributed by atoms with Gasteiger partial charge in [-0.2, -0.15) is 5.10 Å². The number of anilines is 2. The summed E-state index contributed by atoms with van der Waals surface area (Å²) in [5.41, 5.74) is 6.42. The van der Waals surface area contributed by atoms with E-state index in [4.69, 9.17) is 14.8 Å². The fraction of sp³-hybridized carbons (Fsp3) is 0.545. The van der Waals surface area contributed by atoms with Crippen LogP contribution in [0.5, 0.6) is 0 Å². The van der Waals surface area contributed by atoms with E-state index in [1.54, 1.807) is 9.58 Å². The van der Waals surface area contributed by atoms with Crippen LogP contribution < -0.4 is 10.6 Å². The minimum atomic E-state index is -0.531. The number of nitrogens with one attached hydrogen (secondary N) is 2. The van der Waals surface area contributed by atoms with Crippen molar-refractivity contribution < 1.29 is 14.3 Å². The molecule has 43 heavy (non-hydrogen) atoms. The van der Waals surface area contributed by atoms with E-state index < -0.39 is 5.60 Å². The molecule has 2 aliphatic rings. The molecule has 0 saturated carbocycles. The topological polar surface area (TPSA) is 114 Å². The Hall–Kier alpha value is -3.95. The van der Waals surface area contributed by atoms with Gasteiger partial charge >= 0.3 is 6.09 Å². The lowest BCUT2D eigenvalue weighted by molar-refractivity contribution is 0.00686. The first-order valence-corrected chi connectivity index (χ1v) is 15.4. The van der Waals surface area contributed by atoms with E-state index in [1.807, 2.05) is 40.1 Å². The number of ether oxygens (including phenoxy) is 1. The number of piperidine rings is 1. The molecule has 3 heterocycles. The molecule has 1 aromatic carbocycles. The Morgan fingerprint density at radius 1 is 1.12 bits per heavy atom. The summed E-state index contributed by atoms with van der Waals surface area (Å²) >= 11 is 0. The molecule has 10 heteroatoms. The zero-order valence-corrected chi connectivity index (χ0v) is 26.8. The van der Waals surface area contributed by atoms with E-state index >= 15 is 0 Å². The number of fused-ring (bicyclic) bond motifs is 3. The number of likely N-dealkylation sites (tertiary alicyclic amines) is 1. The molecule has 2 aromatic heterocycles. The van der Waals surface area contributed by atoms with Crippen molar-refractivity contribution in [1.29, 1.82) is 0 Å². The zero-order valence-electron chi connectivity index (χ0n) is 26.8. The van der Waals surface area contributed by atoms with Crippen LogP contribution in [0, 0.1) is 5.41 Å². The van der Waals surface area contributed by atoms with Crippen LogP contribution in [0.4, 0.5) is 16.4 Å². The maximum atomic E-state index is 13.6. The molecule has 0 bridgehead atoms. The average molecular weight is 588 g/mol. The third-order valence-corrected chi connectivity index (χ3v) is 8.52. The summed E-state index contributed by atoms with van der Waals surface area (Å²) in [4.78, 5) is 37.8. The van der Waals surface area contributed by atoms with Crippen LogP contribution in [-0.2, 0) is 37.5 Å². The largest absolute Gasteiger partial charge is 0.444 e. The fourth-order valence-electron chi connectivity index (χ4n) is 6.25. The molecule has 1 aliphatic heterocycles. The molecule has 230 valence electrons. The van der Waals surface area contributed by atoms with Crippen LogP contribution in [0.15, 0.2) is 24.4 Å². The smallest absolute Gasteiger partial charge is 0.410 e. The first kappa shape index (κ1) is 30.5. The van der Waals surface area contributed by atoms with Crippen molar-refractivity contribution in [2.45, 2.75) is 92.2 Å². The van der Waals surface area contributed by atoms with E-state index in [1.165, 1.54) is 0 Å². The highest BCUT2D eigenvalue weighted by molar-refractivity contribution is 6.05. The Balaban J connectivity index is 1.37. The van der Waals surface area contributed by atoms with E-state index in [0.717, 1.165) is 65.0 Å². The van der Waals surface area contributed by atoms with Crippen molar-refractivity contribution in [2.75, 3.05) is 23.7 Å². The second-order valence-corrected chi connectivity index (χ2v) is 13.4. The number of carbonyl (C=O) groups excluding carboxylic acids is 2. The summed E-state index contributed by atoms with van der Waals surface area (Å²) in [7, 11) is 1.87. The van der Waals surface area contributed by atoms with E-state index in [9.17, 15) is 9.59 Å². The van der Waals surface area contributed by atoms with Gasteiger partial charge in [0, 0.05) is 49.0 Å². The van der Waals surface area contributed by atoms with Crippen molar-refractivity contribution in [3.05, 3.63) is 52.3 Å². The normalized spacial score (nSPS) is 17.6. The highest BCUT2D eigenvalue weighted by Gasteiger charge is 2.39. The van der Waals surface area contributed by atoms with Gasteiger partial charge in [0.15, 0.2) is 5.69 Å². The van der Waals surface area contributed by atoms with Gasteiger partial charge < -0.3 is 20.3 Å². The van der Waals surface area contributed by atoms with Gasteiger partial charge in [0.1, 0.15) is 5.60 Å². The predicted molar refractivity (Wildman–Crippen MR) is 168 cm³/mol. The van der Waals surface area contributed by atoms with Gasteiger partial charge in [-0.1, -0.05) is 45.9 Å². The highest BCUT2D eigenvalue weighted by Crippen LogP contribution is 2.36. The number of aromatic nitrogens is 4. The highest BCUT2D eigenvalue weighted by atomic mass is 16.6. The molecule has 0 spiro atoms. The van der Waals surface area contributed by atoms with Gasteiger partial charge in [-0.15, -0.1) is 0 Å². The first-order valence-electron chi connectivity index (χ1n) is 15.4. The monoisotopic (exact) mass is 587 g/mol. The summed E-state index contributed by atoms with van der Waals surface area (Å²) < 4.78 is 7.38. The second kappa shape index (κ2) is 11.6. The van der Waals surface area contributed by atoms with Crippen molar-refractivity contribution in [2.24, 2.45) is 12.5 Å². The number of rotatable bonds is 6. The van der Waals surface area contributed by atoms with Gasteiger partial charge in [0.2, 0.25) is 5.95 Å². The zero-order chi connectivity index (χ0) is 31.1. The minimum absolute atomic E-state index is 0.0616. The first-order chi connectivity index (χ1) is 20.3. The van der Waals surface area contributed by atoms with E-state index in [0.29, 0.717) is 31.2 Å². The molecule has 1 fully saturated rings. The van der Waals surface area contributed by atoms with Crippen LogP contribution in [0.2, 0.25) is 0 Å². The molecule has 5 rings (SSSR count). The van der Waals surface area contributed by atoms with Crippen molar-refractivity contribution in [3.63, 3.8) is 0 Å². The van der Waals surface area contributed by atoms with Crippen molar-refractivity contribution in [1.82, 2.24) is 24.6 Å². The summed E-state index contributed by atoms with van der Waals surface area (Å²) in [5, 5.41) is 11.4. The summed E-state index contributed by atoms with van der Waals surface area (Å²) in [5.74, 6) is 0.342. The molecule has 0 radical (unpaired) electrons. The number of carbonyl (C=O) groups is 2. The Labute approximate surface area is 254 Å². The van der Waals surface area contributed by atoms with Crippen LogP contribution in [0.1, 0.15) is 87.6 Å². The second-order valence-electron chi connectivity index (χ2n) is 13.4. The van der Waals surface area contributed by atoms with E-state index in [-0.39, 0.29) is 23.5 Å². The number of hydrogen-bond donors (Lipinski definition) is 2. The summed E-state index contributed by atoms with van der Waals surface area (Å²) in [6.45, 7) is 15.3. The van der Waals surface area contributed by atoms with Crippen LogP contribution in [-0.4, -0.2) is 61.4 Å². The molecule has 3 aromatic rings. The molecule has 1 aliphatic carbocycles. The number of nitrogens with zero attached hydrogens (tertiary/aromatic N) is 5. The Bertz CT molecular complexity index is 1510. The molecule has 2 N–H and O–H groups in total. The van der Waals surface area contributed by atoms with Crippen LogP contribution in [0.25, 0.3) is 11.4 Å². The average Bonchev–Trinajstić information content (AvgIpc) is 3.29. The number of para-hydroxylation sites is 1.